The van der Waals surface area contributed by atoms with E-state index in [1.165, 1.54) is 0 Å². The molecule has 0 aromatic heterocycles. The van der Waals surface area contributed by atoms with Gasteiger partial charge in [0.2, 0.25) is 5.91 Å². The van der Waals surface area contributed by atoms with Crippen LogP contribution in [0.1, 0.15) is 25.7 Å². The van der Waals surface area contributed by atoms with Crippen molar-refractivity contribution in [3.8, 4) is 0 Å². The van der Waals surface area contributed by atoms with Gasteiger partial charge < -0.3 is 16.2 Å². The highest BCUT2D eigenvalue weighted by Crippen LogP contribution is 2.31. The van der Waals surface area contributed by atoms with Gasteiger partial charge in [0.05, 0.1) is 5.92 Å². The van der Waals surface area contributed by atoms with Crippen LogP contribution >= 0.6 is 0 Å². The van der Waals surface area contributed by atoms with E-state index in [4.69, 9.17) is 10.8 Å². The molecule has 0 bridgehead atoms. The van der Waals surface area contributed by atoms with Gasteiger partial charge in [0.25, 0.3) is 0 Å². The minimum absolute atomic E-state index is 0.127. The fourth-order valence-electron chi connectivity index (χ4n) is 2.30. The molecule has 0 heterocycles. The van der Waals surface area contributed by atoms with Crippen LogP contribution in [0.25, 0.3) is 0 Å². The number of aliphatic carboxylic acids is 1. The molecule has 1 saturated carbocycles. The molecule has 5 N–H and O–H groups in total. The van der Waals surface area contributed by atoms with Crippen molar-refractivity contribution in [2.24, 2.45) is 17.6 Å². The number of urea groups is 1. The lowest BCUT2D eigenvalue weighted by atomic mass is 9.96. The summed E-state index contributed by atoms with van der Waals surface area (Å²) in [7, 11) is 0. The third-order valence-corrected chi connectivity index (χ3v) is 3.17. The quantitative estimate of drug-likeness (QED) is 0.485. The number of nitrogens with one attached hydrogen (secondary N) is 2. The van der Waals surface area contributed by atoms with Crippen molar-refractivity contribution in [2.75, 3.05) is 13.1 Å². The number of amides is 3. The highest BCUT2D eigenvalue weighted by molar-refractivity contribution is 5.93. The first-order valence-corrected chi connectivity index (χ1v) is 6.03. The van der Waals surface area contributed by atoms with Crippen LogP contribution in [0.5, 0.6) is 0 Å². The molecule has 0 aromatic carbocycles. The first kappa shape index (κ1) is 14.4. The average Bonchev–Trinajstić information content (AvgIpc) is 2.71. The van der Waals surface area contributed by atoms with E-state index in [0.717, 1.165) is 19.3 Å². The van der Waals surface area contributed by atoms with E-state index in [2.05, 4.69) is 5.32 Å². The molecule has 18 heavy (non-hydrogen) atoms. The first-order chi connectivity index (χ1) is 8.50. The van der Waals surface area contributed by atoms with Crippen LogP contribution in [0.4, 0.5) is 4.79 Å². The van der Waals surface area contributed by atoms with Crippen LogP contribution in [-0.2, 0) is 9.59 Å². The van der Waals surface area contributed by atoms with E-state index >= 15 is 0 Å². The standard InChI is InChI=1S/C11H19N3O4/c12-11(18)14-9(15)4-5-13-6-7-2-1-3-8(7)10(16)17/h7-8,13H,1-6H2,(H,16,17)(H3,12,14,15,18). The maximum absolute atomic E-state index is 11.1. The van der Waals surface area contributed by atoms with Gasteiger partial charge in [-0.1, -0.05) is 6.42 Å². The molecule has 3 amide bonds. The number of carboxylic acids is 1. The summed E-state index contributed by atoms with van der Waals surface area (Å²) in [6.45, 7) is 0.989. The number of hydrogen-bond donors (Lipinski definition) is 4. The summed E-state index contributed by atoms with van der Waals surface area (Å²) in [6.07, 6.45) is 2.71. The minimum Gasteiger partial charge on any atom is -0.481 e. The molecule has 2 unspecified atom stereocenters. The van der Waals surface area contributed by atoms with Crippen molar-refractivity contribution in [3.63, 3.8) is 0 Å². The van der Waals surface area contributed by atoms with Crippen molar-refractivity contribution in [3.05, 3.63) is 0 Å². The van der Waals surface area contributed by atoms with Crippen LogP contribution in [0.3, 0.4) is 0 Å². The second-order valence-corrected chi connectivity index (χ2v) is 4.50. The summed E-state index contributed by atoms with van der Waals surface area (Å²) in [5, 5.41) is 14.0. The number of hydrogen-bond acceptors (Lipinski definition) is 4. The lowest BCUT2D eigenvalue weighted by Gasteiger charge is -2.16. The van der Waals surface area contributed by atoms with Crippen LogP contribution in [0.2, 0.25) is 0 Å². The Labute approximate surface area is 105 Å². The van der Waals surface area contributed by atoms with Gasteiger partial charge >= 0.3 is 12.0 Å². The second-order valence-electron chi connectivity index (χ2n) is 4.50. The molecule has 7 heteroatoms. The molecule has 2 atom stereocenters. The summed E-state index contributed by atoms with van der Waals surface area (Å²) < 4.78 is 0. The maximum atomic E-state index is 11.1. The van der Waals surface area contributed by atoms with Crippen molar-refractivity contribution in [1.29, 1.82) is 0 Å². The van der Waals surface area contributed by atoms with E-state index in [9.17, 15) is 14.4 Å². The predicted molar refractivity (Wildman–Crippen MR) is 63.7 cm³/mol. The van der Waals surface area contributed by atoms with E-state index in [-0.39, 0.29) is 18.3 Å². The Hall–Kier alpha value is -1.63. The largest absolute Gasteiger partial charge is 0.481 e. The predicted octanol–water partition coefficient (Wildman–Crippen LogP) is -0.338. The van der Waals surface area contributed by atoms with E-state index in [1.807, 2.05) is 5.32 Å². The Morgan fingerprint density at radius 3 is 2.61 bits per heavy atom. The van der Waals surface area contributed by atoms with Crippen LogP contribution in [-0.4, -0.2) is 36.1 Å². The monoisotopic (exact) mass is 257 g/mol. The zero-order chi connectivity index (χ0) is 13.5. The lowest BCUT2D eigenvalue weighted by Crippen LogP contribution is -2.37. The van der Waals surface area contributed by atoms with Gasteiger partial charge in [-0.3, -0.25) is 14.9 Å². The topological polar surface area (TPSA) is 122 Å². The number of carbonyl (C=O) groups is 3. The molecule has 1 aliphatic carbocycles. The Morgan fingerprint density at radius 2 is 2.00 bits per heavy atom. The van der Waals surface area contributed by atoms with Crippen LogP contribution in [0.15, 0.2) is 0 Å². The van der Waals surface area contributed by atoms with E-state index in [0.29, 0.717) is 13.1 Å². The van der Waals surface area contributed by atoms with E-state index in [1.54, 1.807) is 0 Å². The smallest absolute Gasteiger partial charge is 0.318 e. The zero-order valence-electron chi connectivity index (χ0n) is 10.1. The minimum atomic E-state index is -0.860. The molecule has 102 valence electrons. The zero-order valence-corrected chi connectivity index (χ0v) is 10.1. The summed E-state index contributed by atoms with van der Waals surface area (Å²) in [6, 6.07) is -0.860. The maximum Gasteiger partial charge on any atom is 0.318 e. The highest BCUT2D eigenvalue weighted by atomic mass is 16.4. The van der Waals surface area contributed by atoms with Crippen molar-refractivity contribution >= 4 is 17.9 Å². The molecule has 7 nitrogen and oxygen atoms in total. The Bertz CT molecular complexity index is 332. The Morgan fingerprint density at radius 1 is 1.28 bits per heavy atom. The molecule has 0 saturated heterocycles. The van der Waals surface area contributed by atoms with Gasteiger partial charge in [-0.05, 0) is 25.3 Å². The third-order valence-electron chi connectivity index (χ3n) is 3.17. The number of rotatable bonds is 6. The van der Waals surface area contributed by atoms with Crippen molar-refractivity contribution < 1.29 is 19.5 Å². The molecule has 0 spiro atoms. The number of carbonyl (C=O) groups excluding carboxylic acids is 2. The Balaban J connectivity index is 2.16. The summed E-state index contributed by atoms with van der Waals surface area (Å²) >= 11 is 0. The summed E-state index contributed by atoms with van der Waals surface area (Å²) in [4.78, 5) is 32.4. The third kappa shape index (κ3) is 4.70. The molecule has 1 fully saturated rings. The number of imide groups is 1. The van der Waals surface area contributed by atoms with Crippen LogP contribution in [0, 0.1) is 11.8 Å². The fourth-order valence-corrected chi connectivity index (χ4v) is 2.30. The van der Waals surface area contributed by atoms with Crippen LogP contribution < -0.4 is 16.4 Å². The molecule has 1 rings (SSSR count). The second kappa shape index (κ2) is 6.95. The highest BCUT2D eigenvalue weighted by Gasteiger charge is 2.32. The number of primary amides is 1. The number of carboxylic acid groups (broad SMARTS) is 1. The lowest BCUT2D eigenvalue weighted by molar-refractivity contribution is -0.142. The summed E-state index contributed by atoms with van der Waals surface area (Å²) in [5.41, 5.74) is 4.79. The SMILES string of the molecule is NC(=O)NC(=O)CCNCC1CCCC1C(=O)O. The molecule has 0 aromatic rings. The average molecular weight is 257 g/mol. The molecule has 1 aliphatic rings. The normalized spacial score (nSPS) is 22.7. The van der Waals surface area contributed by atoms with Crippen molar-refractivity contribution in [1.82, 2.24) is 10.6 Å². The fraction of sp³-hybridized carbons (Fsp3) is 0.727. The molecule has 0 aliphatic heterocycles. The van der Waals surface area contributed by atoms with Gasteiger partial charge in [0.15, 0.2) is 0 Å². The Kier molecular flexibility index (Phi) is 5.57. The van der Waals surface area contributed by atoms with Gasteiger partial charge in [-0.25, -0.2) is 4.79 Å². The van der Waals surface area contributed by atoms with Gasteiger partial charge in [0, 0.05) is 13.0 Å². The van der Waals surface area contributed by atoms with E-state index < -0.39 is 17.9 Å². The van der Waals surface area contributed by atoms with Crippen molar-refractivity contribution in [2.45, 2.75) is 25.7 Å². The van der Waals surface area contributed by atoms with Gasteiger partial charge in [-0.2, -0.15) is 0 Å². The molecular weight excluding hydrogens is 238 g/mol. The molecule has 0 radical (unpaired) electrons. The van der Waals surface area contributed by atoms with Gasteiger partial charge in [-0.15, -0.1) is 0 Å². The summed E-state index contributed by atoms with van der Waals surface area (Å²) in [5.74, 6) is -1.33. The van der Waals surface area contributed by atoms with Gasteiger partial charge in [0.1, 0.15) is 0 Å². The number of nitrogens with two attached hydrogens (primary N) is 1. The first-order valence-electron chi connectivity index (χ1n) is 6.03. The molecular formula is C11H19N3O4.